The molecule has 192 valence electrons. The van der Waals surface area contributed by atoms with Crippen molar-refractivity contribution in [2.75, 3.05) is 13.2 Å². The molecular formula is C24H30F7NO2. The van der Waals surface area contributed by atoms with Gasteiger partial charge < -0.3 is 10.1 Å². The van der Waals surface area contributed by atoms with Gasteiger partial charge in [-0.25, -0.2) is 4.39 Å². The van der Waals surface area contributed by atoms with Crippen molar-refractivity contribution >= 4 is 5.91 Å². The van der Waals surface area contributed by atoms with Gasteiger partial charge in [0.25, 0.3) is 0 Å². The summed E-state index contributed by atoms with van der Waals surface area (Å²) in [6, 6.07) is 0.693. The maximum atomic E-state index is 13.7. The zero-order valence-corrected chi connectivity index (χ0v) is 19.2. The van der Waals surface area contributed by atoms with Crippen molar-refractivity contribution in [1.29, 1.82) is 0 Å². The van der Waals surface area contributed by atoms with Crippen LogP contribution in [0, 0.1) is 11.7 Å². The second-order valence-corrected chi connectivity index (χ2v) is 8.18. The molecule has 0 aliphatic heterocycles. The highest BCUT2D eigenvalue weighted by molar-refractivity contribution is 5.87. The number of ether oxygens (including phenoxy) is 1. The van der Waals surface area contributed by atoms with E-state index in [2.05, 4.69) is 5.32 Å². The summed E-state index contributed by atoms with van der Waals surface area (Å²) in [6.45, 7) is 4.30. The van der Waals surface area contributed by atoms with Gasteiger partial charge in [-0.15, -0.1) is 0 Å². The van der Waals surface area contributed by atoms with E-state index in [1.807, 2.05) is 19.9 Å². The molecule has 1 aromatic carbocycles. The predicted molar refractivity (Wildman–Crippen MR) is 115 cm³/mol. The van der Waals surface area contributed by atoms with Crippen LogP contribution >= 0.6 is 0 Å². The van der Waals surface area contributed by atoms with E-state index in [-0.39, 0.29) is 12.5 Å². The summed E-state index contributed by atoms with van der Waals surface area (Å²) in [5.74, 6) is -2.10. The predicted octanol–water partition coefficient (Wildman–Crippen LogP) is 7.22. The zero-order chi connectivity index (χ0) is 25.8. The number of allylic oxidation sites excluding steroid dienone is 3. The van der Waals surface area contributed by atoms with Gasteiger partial charge in [0.15, 0.2) is 0 Å². The quantitative estimate of drug-likeness (QED) is 0.135. The van der Waals surface area contributed by atoms with Crippen molar-refractivity contribution in [3.8, 4) is 0 Å². The maximum Gasteiger partial charge on any atom is 0.419 e. The Morgan fingerprint density at radius 2 is 1.56 bits per heavy atom. The molecule has 0 heterocycles. The fourth-order valence-corrected chi connectivity index (χ4v) is 2.87. The third kappa shape index (κ3) is 11.7. The average Bonchev–Trinajstić information content (AvgIpc) is 2.72. The lowest BCUT2D eigenvalue weighted by Crippen LogP contribution is -2.25. The molecule has 1 rings (SSSR count). The van der Waals surface area contributed by atoms with Crippen molar-refractivity contribution in [3.63, 3.8) is 0 Å². The molecule has 0 saturated carbocycles. The van der Waals surface area contributed by atoms with Crippen LogP contribution < -0.4 is 5.32 Å². The molecule has 0 fully saturated rings. The Labute approximate surface area is 195 Å². The van der Waals surface area contributed by atoms with E-state index in [1.165, 1.54) is 6.08 Å². The highest BCUT2D eigenvalue weighted by Gasteiger charge is 2.42. The largest absolute Gasteiger partial charge is 0.419 e. The van der Waals surface area contributed by atoms with Crippen LogP contribution in [0.1, 0.15) is 62.6 Å². The van der Waals surface area contributed by atoms with Crippen LogP contribution in [-0.4, -0.2) is 19.1 Å². The van der Waals surface area contributed by atoms with Gasteiger partial charge in [-0.1, -0.05) is 44.9 Å². The number of benzene rings is 1. The van der Waals surface area contributed by atoms with Gasteiger partial charge in [0.2, 0.25) is 5.91 Å². The molecule has 1 N–H and O–H groups in total. The summed E-state index contributed by atoms with van der Waals surface area (Å²) in [4.78, 5) is 11.5. The van der Waals surface area contributed by atoms with Crippen molar-refractivity contribution < 1.29 is 40.3 Å². The molecule has 0 aliphatic rings. The number of alkyl halides is 6. The normalized spacial score (nSPS) is 12.9. The minimum Gasteiger partial charge on any atom is -0.377 e. The van der Waals surface area contributed by atoms with Crippen LogP contribution in [0.3, 0.4) is 0 Å². The first-order chi connectivity index (χ1) is 15.8. The van der Waals surface area contributed by atoms with Crippen LogP contribution in [0.2, 0.25) is 0 Å². The van der Waals surface area contributed by atoms with Crippen LogP contribution in [0.5, 0.6) is 0 Å². The van der Waals surface area contributed by atoms with Gasteiger partial charge in [-0.2, -0.15) is 26.3 Å². The standard InChI is InChI=1S/C24H30F7NO2/c1-17(2)15-32-21(33)11-9-7-5-3-4-6-8-10-12-34-16-18-13-19(23(26,27)28)22(25)20(14-18)24(29,30)31/h5,7,9,11,13-14,17H,3-4,6,8,10,12,15-16H2,1-2H3,(H,32,33)/b7-5-,11-9+. The molecule has 1 amide bonds. The topological polar surface area (TPSA) is 38.3 Å². The minimum atomic E-state index is -5.25. The number of rotatable bonds is 13. The Bertz CT molecular complexity index is 793. The lowest BCUT2D eigenvalue weighted by atomic mass is 10.0. The Morgan fingerprint density at radius 1 is 0.971 bits per heavy atom. The molecule has 0 bridgehead atoms. The number of unbranched alkanes of at least 4 members (excludes halogenated alkanes) is 4. The zero-order valence-electron chi connectivity index (χ0n) is 19.2. The molecule has 34 heavy (non-hydrogen) atoms. The first kappa shape index (κ1) is 29.7. The SMILES string of the molecule is CC(C)CNC(=O)/C=C/C=C\CCCCCCOCc1cc(C(F)(F)F)c(F)c(C(F)(F)F)c1. The number of hydrogen-bond acceptors (Lipinski definition) is 2. The van der Waals surface area contributed by atoms with E-state index in [0.29, 0.717) is 31.0 Å². The van der Waals surface area contributed by atoms with E-state index < -0.39 is 41.5 Å². The molecule has 0 aromatic heterocycles. The molecule has 0 spiro atoms. The van der Waals surface area contributed by atoms with Crippen molar-refractivity contribution in [3.05, 3.63) is 58.9 Å². The molecule has 0 atom stereocenters. The smallest absolute Gasteiger partial charge is 0.377 e. The number of hydrogen-bond donors (Lipinski definition) is 1. The molecule has 3 nitrogen and oxygen atoms in total. The van der Waals surface area contributed by atoms with E-state index in [9.17, 15) is 35.5 Å². The van der Waals surface area contributed by atoms with Crippen LogP contribution in [-0.2, 0) is 28.5 Å². The molecule has 0 aliphatic carbocycles. The molecule has 0 unspecified atom stereocenters. The minimum absolute atomic E-state index is 0.150. The summed E-state index contributed by atoms with van der Waals surface area (Å²) < 4.78 is 96.1. The van der Waals surface area contributed by atoms with E-state index >= 15 is 0 Å². The molecule has 0 radical (unpaired) electrons. The summed E-state index contributed by atoms with van der Waals surface area (Å²) in [6.07, 6.45) is 0.221. The van der Waals surface area contributed by atoms with Gasteiger partial charge in [-0.3, -0.25) is 4.79 Å². The van der Waals surface area contributed by atoms with E-state index in [4.69, 9.17) is 4.74 Å². The van der Waals surface area contributed by atoms with Gasteiger partial charge in [-0.05, 0) is 42.9 Å². The summed E-state index contributed by atoms with van der Waals surface area (Å²) >= 11 is 0. The number of nitrogens with one attached hydrogen (secondary N) is 1. The second-order valence-electron chi connectivity index (χ2n) is 8.18. The maximum absolute atomic E-state index is 13.7. The van der Waals surface area contributed by atoms with Gasteiger partial charge in [0.1, 0.15) is 5.82 Å². The Hall–Kier alpha value is -2.36. The third-order valence-electron chi connectivity index (χ3n) is 4.60. The molecule has 0 saturated heterocycles. The average molecular weight is 497 g/mol. The van der Waals surface area contributed by atoms with Gasteiger partial charge in [0.05, 0.1) is 17.7 Å². The molecular weight excluding hydrogens is 467 g/mol. The van der Waals surface area contributed by atoms with Crippen molar-refractivity contribution in [1.82, 2.24) is 5.32 Å². The number of carbonyl (C=O) groups excluding carboxylic acids is 1. The van der Waals surface area contributed by atoms with Crippen LogP contribution in [0.25, 0.3) is 0 Å². The number of carbonyl (C=O) groups is 1. The number of halogens is 7. The highest BCUT2D eigenvalue weighted by atomic mass is 19.4. The van der Waals surface area contributed by atoms with Crippen molar-refractivity contribution in [2.24, 2.45) is 5.92 Å². The lowest BCUT2D eigenvalue weighted by molar-refractivity contribution is -0.147. The lowest BCUT2D eigenvalue weighted by Gasteiger charge is -2.16. The summed E-state index contributed by atoms with van der Waals surface area (Å²) in [5, 5.41) is 2.76. The van der Waals surface area contributed by atoms with Crippen LogP contribution in [0.15, 0.2) is 36.4 Å². The van der Waals surface area contributed by atoms with E-state index in [1.54, 1.807) is 12.2 Å². The Morgan fingerprint density at radius 3 is 2.12 bits per heavy atom. The van der Waals surface area contributed by atoms with E-state index in [0.717, 1.165) is 25.7 Å². The summed E-state index contributed by atoms with van der Waals surface area (Å²) in [7, 11) is 0. The van der Waals surface area contributed by atoms with Gasteiger partial charge >= 0.3 is 12.4 Å². The second kappa shape index (κ2) is 14.1. The monoisotopic (exact) mass is 497 g/mol. The molecule has 10 heteroatoms. The first-order valence-electron chi connectivity index (χ1n) is 11.0. The Balaban J connectivity index is 2.32. The third-order valence-corrected chi connectivity index (χ3v) is 4.60. The number of amides is 1. The molecule has 1 aromatic rings. The summed E-state index contributed by atoms with van der Waals surface area (Å²) in [5.41, 5.74) is -4.31. The fraction of sp³-hybridized carbons (Fsp3) is 0.542. The fourth-order valence-electron chi connectivity index (χ4n) is 2.87. The Kier molecular flexibility index (Phi) is 12.3. The van der Waals surface area contributed by atoms with Gasteiger partial charge in [0, 0.05) is 19.2 Å². The van der Waals surface area contributed by atoms with Crippen LogP contribution in [0.4, 0.5) is 30.7 Å². The first-order valence-corrected chi connectivity index (χ1v) is 11.0. The van der Waals surface area contributed by atoms with Crippen molar-refractivity contribution in [2.45, 2.75) is 64.9 Å². The highest BCUT2D eigenvalue weighted by Crippen LogP contribution is 2.39.